The number of ether oxygens (including phenoxy) is 1. The number of hydrogen-bond donors (Lipinski definition) is 0. The van der Waals surface area contributed by atoms with Gasteiger partial charge in [-0.3, -0.25) is 10.1 Å². The van der Waals surface area contributed by atoms with Gasteiger partial charge in [0.15, 0.2) is 0 Å². The molecule has 0 aliphatic heterocycles. The molecule has 0 radical (unpaired) electrons. The van der Waals surface area contributed by atoms with Gasteiger partial charge in [-0.2, -0.15) is 0 Å². The summed E-state index contributed by atoms with van der Waals surface area (Å²) in [6.45, 7) is 6.75. The predicted octanol–water partition coefficient (Wildman–Crippen LogP) is 4.67. The second kappa shape index (κ2) is 8.15. The summed E-state index contributed by atoms with van der Waals surface area (Å²) in [4.78, 5) is 10.1. The standard InChI is InChI=1S/C16H21NO3/c1-13(2)5-4-6-14(3)11-12-20-16-9-7-15(8-10-16)17(18)19/h5,7-11H,4,6,12H2,1-3H3/b14-11+. The molecule has 0 atom stereocenters. The van der Waals surface area contributed by atoms with E-state index in [1.165, 1.54) is 23.3 Å². The van der Waals surface area contributed by atoms with E-state index in [9.17, 15) is 10.1 Å². The van der Waals surface area contributed by atoms with Gasteiger partial charge >= 0.3 is 0 Å². The van der Waals surface area contributed by atoms with Crippen LogP contribution in [0.5, 0.6) is 5.75 Å². The zero-order valence-electron chi connectivity index (χ0n) is 12.3. The molecule has 0 heterocycles. The molecule has 0 amide bonds. The van der Waals surface area contributed by atoms with Gasteiger partial charge in [0, 0.05) is 12.1 Å². The van der Waals surface area contributed by atoms with E-state index in [1.807, 2.05) is 6.08 Å². The number of non-ortho nitro benzene ring substituents is 1. The Balaban J connectivity index is 2.39. The monoisotopic (exact) mass is 275 g/mol. The molecule has 0 aromatic heterocycles. The largest absolute Gasteiger partial charge is 0.490 e. The second-order valence-corrected chi connectivity index (χ2v) is 4.93. The maximum atomic E-state index is 10.5. The van der Waals surface area contributed by atoms with Crippen molar-refractivity contribution in [1.29, 1.82) is 0 Å². The van der Waals surface area contributed by atoms with Crippen LogP contribution in [0.25, 0.3) is 0 Å². The third-order valence-electron chi connectivity index (χ3n) is 2.82. The lowest BCUT2D eigenvalue weighted by atomic mass is 10.1. The fourth-order valence-corrected chi connectivity index (χ4v) is 1.63. The van der Waals surface area contributed by atoms with Crippen molar-refractivity contribution < 1.29 is 9.66 Å². The fourth-order valence-electron chi connectivity index (χ4n) is 1.63. The lowest BCUT2D eigenvalue weighted by molar-refractivity contribution is -0.384. The zero-order valence-corrected chi connectivity index (χ0v) is 12.3. The van der Waals surface area contributed by atoms with E-state index in [1.54, 1.807) is 12.1 Å². The summed E-state index contributed by atoms with van der Waals surface area (Å²) in [5, 5.41) is 10.5. The molecule has 108 valence electrons. The molecule has 0 unspecified atom stereocenters. The molecule has 0 fully saturated rings. The highest BCUT2D eigenvalue weighted by Gasteiger charge is 2.03. The molecule has 1 aromatic carbocycles. The highest BCUT2D eigenvalue weighted by Crippen LogP contribution is 2.17. The molecule has 0 saturated heterocycles. The summed E-state index contributed by atoms with van der Waals surface area (Å²) < 4.78 is 5.52. The summed E-state index contributed by atoms with van der Waals surface area (Å²) >= 11 is 0. The van der Waals surface area contributed by atoms with Gasteiger partial charge < -0.3 is 4.74 Å². The number of allylic oxidation sites excluding steroid dienone is 3. The summed E-state index contributed by atoms with van der Waals surface area (Å²) in [5.41, 5.74) is 2.69. The lowest BCUT2D eigenvalue weighted by Gasteiger charge is -2.04. The van der Waals surface area contributed by atoms with Gasteiger partial charge in [-0.1, -0.05) is 17.2 Å². The van der Waals surface area contributed by atoms with Crippen molar-refractivity contribution in [2.24, 2.45) is 0 Å². The van der Waals surface area contributed by atoms with Crippen LogP contribution in [0.1, 0.15) is 33.6 Å². The zero-order chi connectivity index (χ0) is 15.0. The first-order valence-corrected chi connectivity index (χ1v) is 6.65. The van der Waals surface area contributed by atoms with Crippen LogP contribution in [-0.4, -0.2) is 11.5 Å². The molecule has 0 aliphatic rings. The molecule has 0 aliphatic carbocycles. The summed E-state index contributed by atoms with van der Waals surface area (Å²) in [5.74, 6) is 0.643. The van der Waals surface area contributed by atoms with Crippen LogP contribution >= 0.6 is 0 Å². The van der Waals surface area contributed by atoms with Crippen molar-refractivity contribution in [3.8, 4) is 5.75 Å². The second-order valence-electron chi connectivity index (χ2n) is 4.93. The highest BCUT2D eigenvalue weighted by atomic mass is 16.6. The van der Waals surface area contributed by atoms with Crippen molar-refractivity contribution >= 4 is 5.69 Å². The Morgan fingerprint density at radius 1 is 1.20 bits per heavy atom. The van der Waals surface area contributed by atoms with E-state index < -0.39 is 4.92 Å². The molecular formula is C16H21NO3. The SMILES string of the molecule is CC(C)=CCC/C(C)=C/COc1ccc([N+](=O)[O-])cc1. The summed E-state index contributed by atoms with van der Waals surface area (Å²) in [6.07, 6.45) is 6.33. The Morgan fingerprint density at radius 3 is 2.40 bits per heavy atom. The molecule has 1 aromatic rings. The third kappa shape index (κ3) is 6.18. The van der Waals surface area contributed by atoms with Crippen LogP contribution in [0.3, 0.4) is 0 Å². The minimum absolute atomic E-state index is 0.0748. The fraction of sp³-hybridized carbons (Fsp3) is 0.375. The molecule has 4 nitrogen and oxygen atoms in total. The van der Waals surface area contributed by atoms with E-state index in [4.69, 9.17) is 4.74 Å². The van der Waals surface area contributed by atoms with E-state index in [0.717, 1.165) is 12.8 Å². The van der Waals surface area contributed by atoms with E-state index in [-0.39, 0.29) is 5.69 Å². The Bertz CT molecular complexity index is 497. The number of nitrogens with zero attached hydrogens (tertiary/aromatic N) is 1. The highest BCUT2D eigenvalue weighted by molar-refractivity contribution is 5.36. The lowest BCUT2D eigenvalue weighted by Crippen LogP contribution is -1.95. The van der Waals surface area contributed by atoms with Gasteiger partial charge in [0.05, 0.1) is 4.92 Å². The van der Waals surface area contributed by atoms with Gasteiger partial charge in [-0.25, -0.2) is 0 Å². The van der Waals surface area contributed by atoms with Crippen LogP contribution in [0, 0.1) is 10.1 Å². The van der Waals surface area contributed by atoms with Gasteiger partial charge in [-0.15, -0.1) is 0 Å². The molecule has 0 spiro atoms. The predicted molar refractivity (Wildman–Crippen MR) is 81.0 cm³/mol. The first kappa shape index (κ1) is 16.0. The number of rotatable bonds is 7. The van der Waals surface area contributed by atoms with E-state index in [2.05, 4.69) is 26.8 Å². The smallest absolute Gasteiger partial charge is 0.269 e. The average molecular weight is 275 g/mol. The Hall–Kier alpha value is -2.10. The minimum Gasteiger partial charge on any atom is -0.490 e. The Labute approximate surface area is 119 Å². The number of nitro benzene ring substituents is 1. The first-order chi connectivity index (χ1) is 9.49. The molecule has 0 saturated carbocycles. The van der Waals surface area contributed by atoms with Gasteiger partial charge in [0.25, 0.3) is 5.69 Å². The Kier molecular flexibility index (Phi) is 6.50. The third-order valence-corrected chi connectivity index (χ3v) is 2.82. The van der Waals surface area contributed by atoms with Crippen molar-refractivity contribution in [2.45, 2.75) is 33.6 Å². The van der Waals surface area contributed by atoms with Gasteiger partial charge in [0.1, 0.15) is 12.4 Å². The topological polar surface area (TPSA) is 52.4 Å². The van der Waals surface area contributed by atoms with Crippen molar-refractivity contribution in [1.82, 2.24) is 0 Å². The van der Waals surface area contributed by atoms with Crippen molar-refractivity contribution in [3.63, 3.8) is 0 Å². The quantitative estimate of drug-likeness (QED) is 0.413. The first-order valence-electron chi connectivity index (χ1n) is 6.65. The normalized spacial score (nSPS) is 11.1. The summed E-state index contributed by atoms with van der Waals surface area (Å²) in [6, 6.07) is 6.12. The number of hydrogen-bond acceptors (Lipinski definition) is 3. The van der Waals surface area contributed by atoms with Crippen LogP contribution in [0.2, 0.25) is 0 Å². The molecule has 4 heteroatoms. The van der Waals surface area contributed by atoms with Crippen LogP contribution in [-0.2, 0) is 0 Å². The molecule has 20 heavy (non-hydrogen) atoms. The van der Waals surface area contributed by atoms with Crippen LogP contribution in [0.4, 0.5) is 5.69 Å². The van der Waals surface area contributed by atoms with Gasteiger partial charge in [-0.05, 0) is 51.8 Å². The maximum Gasteiger partial charge on any atom is 0.269 e. The molecule has 0 N–H and O–H groups in total. The maximum absolute atomic E-state index is 10.5. The van der Waals surface area contributed by atoms with E-state index in [0.29, 0.717) is 12.4 Å². The van der Waals surface area contributed by atoms with Crippen molar-refractivity contribution in [3.05, 3.63) is 57.7 Å². The van der Waals surface area contributed by atoms with E-state index >= 15 is 0 Å². The molecular weight excluding hydrogens is 254 g/mol. The van der Waals surface area contributed by atoms with Crippen LogP contribution < -0.4 is 4.74 Å². The number of benzene rings is 1. The minimum atomic E-state index is -0.420. The number of nitro groups is 1. The molecule has 0 bridgehead atoms. The Morgan fingerprint density at radius 2 is 1.85 bits per heavy atom. The van der Waals surface area contributed by atoms with Crippen molar-refractivity contribution in [2.75, 3.05) is 6.61 Å². The molecule has 1 rings (SSSR count). The van der Waals surface area contributed by atoms with Crippen LogP contribution in [0.15, 0.2) is 47.6 Å². The average Bonchev–Trinajstić information content (AvgIpc) is 2.39. The van der Waals surface area contributed by atoms with Gasteiger partial charge in [0.2, 0.25) is 0 Å². The summed E-state index contributed by atoms with van der Waals surface area (Å²) in [7, 11) is 0.